The van der Waals surface area contributed by atoms with Crippen LogP contribution in [0.3, 0.4) is 0 Å². The van der Waals surface area contributed by atoms with Gasteiger partial charge in [0.1, 0.15) is 0 Å². The molecule has 0 saturated carbocycles. The van der Waals surface area contributed by atoms with E-state index in [9.17, 15) is 4.79 Å². The molecule has 0 rings (SSSR count). The van der Waals surface area contributed by atoms with Crippen molar-refractivity contribution in [2.45, 2.75) is 0 Å². The summed E-state index contributed by atoms with van der Waals surface area (Å²) in [5.74, 6) is -0.352. The van der Waals surface area contributed by atoms with E-state index in [0.717, 1.165) is 0 Å². The Hall–Kier alpha value is -1.95. The van der Waals surface area contributed by atoms with Crippen LogP contribution in [-0.2, 0) is 9.53 Å². The maximum absolute atomic E-state index is 11.2. The average molecular weight is 242 g/mol. The van der Waals surface area contributed by atoms with Gasteiger partial charge in [0.05, 0.1) is 40.3 Å². The first-order valence-corrected chi connectivity index (χ1v) is 5.00. The molecule has 0 spiro atoms. The summed E-state index contributed by atoms with van der Waals surface area (Å²) in [5, 5.41) is 6.86. The number of likely N-dealkylation sites (N-methyl/N-ethyl adjacent to an activating group) is 1. The van der Waals surface area contributed by atoms with Crippen LogP contribution in [0.15, 0.2) is 10.2 Å². The minimum atomic E-state index is -0.352. The fraction of sp³-hybridized carbons (Fsp3) is 0.875. The van der Waals surface area contributed by atoms with Gasteiger partial charge in [0, 0.05) is 9.82 Å². The lowest BCUT2D eigenvalue weighted by Crippen LogP contribution is -2.51. The van der Waals surface area contributed by atoms with Crippen molar-refractivity contribution in [3.8, 4) is 0 Å². The molecule has 0 fully saturated rings. The molecule has 0 unspecified atom stereocenters. The molecule has 0 aliphatic heterocycles. The molecule has 9 heteroatoms. The number of hydrogen-bond donors (Lipinski definition) is 0. The molecular weight excluding hydrogens is 226 g/mol. The van der Waals surface area contributed by atoms with E-state index in [0.29, 0.717) is 17.6 Å². The third-order valence-electron chi connectivity index (χ3n) is 2.34. The van der Waals surface area contributed by atoms with Crippen LogP contribution >= 0.6 is 0 Å². The van der Waals surface area contributed by atoms with Crippen molar-refractivity contribution in [1.82, 2.24) is 0 Å². The second-order valence-corrected chi connectivity index (χ2v) is 3.71. The Bertz CT molecular complexity index is 322. The third-order valence-corrected chi connectivity index (χ3v) is 2.34. The lowest BCUT2D eigenvalue weighted by molar-refractivity contribution is -0.899. The van der Waals surface area contributed by atoms with Gasteiger partial charge in [0.15, 0.2) is 6.54 Å². The smallest absolute Gasteiger partial charge is 0.361 e. The summed E-state index contributed by atoms with van der Waals surface area (Å²) in [4.78, 5) is 16.6. The lowest BCUT2D eigenvalue weighted by atomic mass is 10.3. The van der Waals surface area contributed by atoms with Crippen LogP contribution < -0.4 is 0 Å². The van der Waals surface area contributed by atoms with Crippen molar-refractivity contribution in [3.05, 3.63) is 20.9 Å². The van der Waals surface area contributed by atoms with Crippen LogP contribution in [0.4, 0.5) is 0 Å². The van der Waals surface area contributed by atoms with Gasteiger partial charge in [-0.2, -0.15) is 0 Å². The van der Waals surface area contributed by atoms with E-state index in [1.165, 1.54) is 7.11 Å². The number of esters is 1. The first-order chi connectivity index (χ1) is 8.08. The zero-order chi connectivity index (χ0) is 13.1. The summed E-state index contributed by atoms with van der Waals surface area (Å²) in [6, 6.07) is 0. The molecule has 0 saturated heterocycles. The molecule has 0 aliphatic rings. The molecule has 9 nitrogen and oxygen atoms in total. The number of methoxy groups -OCH3 is 1. The molecule has 17 heavy (non-hydrogen) atoms. The zero-order valence-corrected chi connectivity index (χ0v) is 9.98. The molecule has 0 heterocycles. The van der Waals surface area contributed by atoms with Gasteiger partial charge >= 0.3 is 5.97 Å². The fourth-order valence-corrected chi connectivity index (χ4v) is 1.31. The topological polar surface area (TPSA) is 124 Å². The van der Waals surface area contributed by atoms with Gasteiger partial charge in [-0.3, -0.25) is 0 Å². The van der Waals surface area contributed by atoms with Crippen LogP contribution in [0.2, 0.25) is 0 Å². The molecule has 94 valence electrons. The van der Waals surface area contributed by atoms with E-state index in [2.05, 4.69) is 24.8 Å². The number of quaternary nitrogens is 1. The van der Waals surface area contributed by atoms with Crippen molar-refractivity contribution in [1.29, 1.82) is 0 Å². The minimum absolute atomic E-state index is 0.151. The van der Waals surface area contributed by atoms with E-state index >= 15 is 0 Å². The first-order valence-electron chi connectivity index (χ1n) is 5.00. The summed E-state index contributed by atoms with van der Waals surface area (Å²) < 4.78 is 4.91. The molecule has 0 aromatic carbocycles. The maximum Gasteiger partial charge on any atom is 0.361 e. The van der Waals surface area contributed by atoms with Gasteiger partial charge in [-0.25, -0.2) is 4.79 Å². The van der Waals surface area contributed by atoms with Crippen molar-refractivity contribution in [2.24, 2.45) is 10.2 Å². The van der Waals surface area contributed by atoms with Gasteiger partial charge in [0.25, 0.3) is 0 Å². The largest absolute Gasteiger partial charge is 0.465 e. The number of azide groups is 2. The summed E-state index contributed by atoms with van der Waals surface area (Å²) in [6.45, 7) is 1.68. The Balaban J connectivity index is 4.47. The van der Waals surface area contributed by atoms with Crippen LogP contribution in [0.5, 0.6) is 0 Å². The summed E-state index contributed by atoms with van der Waals surface area (Å²) in [6.07, 6.45) is 0. The second-order valence-electron chi connectivity index (χ2n) is 3.71. The van der Waals surface area contributed by atoms with E-state index in [1.807, 2.05) is 7.05 Å². The standard InChI is InChI=1S/C8H16N7O2/c1-15(5-3-11-13-9,6-4-12-14-10)7-8(16)17-2/h3-7H2,1-2H3/q+1. The Labute approximate surface area is 98.8 Å². The predicted octanol–water partition coefficient (Wildman–Crippen LogP) is 1.23. The number of ether oxygens (including phenoxy) is 1. The molecule has 0 aliphatic carbocycles. The van der Waals surface area contributed by atoms with Crippen molar-refractivity contribution in [3.63, 3.8) is 0 Å². The molecule has 0 aromatic rings. The van der Waals surface area contributed by atoms with Crippen molar-refractivity contribution in [2.75, 3.05) is 46.9 Å². The van der Waals surface area contributed by atoms with Crippen LogP contribution in [0.25, 0.3) is 20.9 Å². The summed E-state index contributed by atoms with van der Waals surface area (Å²) in [7, 11) is 3.13. The molecule has 0 N–H and O–H groups in total. The van der Waals surface area contributed by atoms with Crippen molar-refractivity contribution >= 4 is 5.97 Å². The van der Waals surface area contributed by atoms with Crippen LogP contribution in [0.1, 0.15) is 0 Å². The molecular formula is C8H16N7O2+. The number of hydrogen-bond acceptors (Lipinski definition) is 4. The highest BCUT2D eigenvalue weighted by Gasteiger charge is 2.24. The number of carbonyl (C=O) groups is 1. The van der Waals surface area contributed by atoms with E-state index in [-0.39, 0.29) is 25.6 Å². The summed E-state index contributed by atoms with van der Waals surface area (Å²) in [5.41, 5.74) is 16.4. The van der Waals surface area contributed by atoms with E-state index < -0.39 is 0 Å². The highest BCUT2D eigenvalue weighted by molar-refractivity contribution is 5.70. The second kappa shape index (κ2) is 8.23. The zero-order valence-electron chi connectivity index (χ0n) is 9.98. The minimum Gasteiger partial charge on any atom is -0.465 e. The van der Waals surface area contributed by atoms with Crippen LogP contribution in [0, 0.1) is 0 Å². The number of carbonyl (C=O) groups excluding carboxylic acids is 1. The predicted molar refractivity (Wildman–Crippen MR) is 60.8 cm³/mol. The van der Waals surface area contributed by atoms with Gasteiger partial charge in [0.2, 0.25) is 0 Å². The Morgan fingerprint density at radius 3 is 2.06 bits per heavy atom. The van der Waals surface area contributed by atoms with E-state index in [4.69, 9.17) is 11.1 Å². The summed E-state index contributed by atoms with van der Waals surface area (Å²) >= 11 is 0. The van der Waals surface area contributed by atoms with Gasteiger partial charge in [-0.05, 0) is 11.1 Å². The lowest BCUT2D eigenvalue weighted by Gasteiger charge is -2.32. The average Bonchev–Trinajstić information content (AvgIpc) is 2.29. The van der Waals surface area contributed by atoms with Gasteiger partial charge < -0.3 is 9.22 Å². The first kappa shape index (κ1) is 15.0. The number of nitrogens with zero attached hydrogens (tertiary/aromatic N) is 7. The quantitative estimate of drug-likeness (QED) is 0.209. The monoisotopic (exact) mass is 242 g/mol. The molecule has 0 radical (unpaired) electrons. The van der Waals surface area contributed by atoms with E-state index in [1.54, 1.807) is 0 Å². The molecule has 0 atom stereocenters. The fourth-order valence-electron chi connectivity index (χ4n) is 1.31. The normalized spacial score (nSPS) is 12.8. The Morgan fingerprint density at radius 2 is 1.71 bits per heavy atom. The van der Waals surface area contributed by atoms with Crippen LogP contribution in [-0.4, -0.2) is 57.3 Å². The highest BCUT2D eigenvalue weighted by atomic mass is 16.5. The highest BCUT2D eigenvalue weighted by Crippen LogP contribution is 2.03. The Morgan fingerprint density at radius 1 is 1.24 bits per heavy atom. The molecule has 0 aromatic heterocycles. The Kier molecular flexibility index (Phi) is 7.29. The number of rotatable bonds is 8. The molecule has 0 bridgehead atoms. The van der Waals surface area contributed by atoms with Crippen molar-refractivity contribution < 1.29 is 14.0 Å². The van der Waals surface area contributed by atoms with Gasteiger partial charge in [-0.1, -0.05) is 10.2 Å². The molecule has 0 amide bonds. The van der Waals surface area contributed by atoms with Gasteiger partial charge in [-0.15, -0.1) is 0 Å². The third kappa shape index (κ3) is 7.02. The SMILES string of the molecule is COC(=O)C[N+](C)(CCN=[N+]=[N-])CCN=[N+]=[N-]. The maximum atomic E-state index is 11.2.